The molecule has 0 radical (unpaired) electrons. The fraction of sp³-hybridized carbons (Fsp3) is 0.250. The number of rotatable bonds is 5. The van der Waals surface area contributed by atoms with Gasteiger partial charge in [0.1, 0.15) is 10.8 Å². The molecule has 100 valence electrons. The molecule has 7 heteroatoms. The van der Waals surface area contributed by atoms with Crippen molar-refractivity contribution in [1.29, 1.82) is 0 Å². The average Bonchev–Trinajstić information content (AvgIpc) is 2.86. The Bertz CT molecular complexity index is 556. The van der Waals surface area contributed by atoms with Crippen LogP contribution in [-0.4, -0.2) is 22.7 Å². The summed E-state index contributed by atoms with van der Waals surface area (Å²) in [6.07, 6.45) is 0.812. The van der Waals surface area contributed by atoms with Gasteiger partial charge in [0, 0.05) is 3.57 Å². The van der Waals surface area contributed by atoms with E-state index in [2.05, 4.69) is 38.1 Å². The number of aryl methyl sites for hydroxylation is 1. The highest BCUT2D eigenvalue weighted by Gasteiger charge is 2.08. The molecule has 0 spiro atoms. The first-order valence-electron chi connectivity index (χ1n) is 5.68. The molecule has 1 amide bonds. The predicted octanol–water partition coefficient (Wildman–Crippen LogP) is 2.72. The fourth-order valence-corrected chi connectivity index (χ4v) is 2.34. The van der Waals surface area contributed by atoms with Gasteiger partial charge in [-0.15, -0.1) is 10.2 Å². The van der Waals surface area contributed by atoms with Gasteiger partial charge in [-0.25, -0.2) is 0 Å². The Balaban J connectivity index is 1.82. The van der Waals surface area contributed by atoms with Gasteiger partial charge in [0.15, 0.2) is 6.61 Å². The number of hydrogen-bond donors (Lipinski definition) is 1. The second kappa shape index (κ2) is 6.80. The molecule has 0 saturated carbocycles. The monoisotopic (exact) mass is 389 g/mol. The summed E-state index contributed by atoms with van der Waals surface area (Å²) < 4.78 is 6.49. The molecule has 2 aromatic rings. The first-order valence-corrected chi connectivity index (χ1v) is 7.57. The van der Waals surface area contributed by atoms with Crippen molar-refractivity contribution in [2.75, 3.05) is 11.9 Å². The summed E-state index contributed by atoms with van der Waals surface area (Å²) >= 11 is 3.58. The van der Waals surface area contributed by atoms with Crippen LogP contribution in [0.4, 0.5) is 5.13 Å². The maximum atomic E-state index is 11.7. The molecule has 0 aliphatic carbocycles. The van der Waals surface area contributed by atoms with Crippen molar-refractivity contribution < 1.29 is 9.53 Å². The van der Waals surface area contributed by atoms with Gasteiger partial charge in [0.25, 0.3) is 5.91 Å². The lowest BCUT2D eigenvalue weighted by Crippen LogP contribution is -2.20. The molecule has 0 fully saturated rings. The number of aromatic nitrogens is 2. The van der Waals surface area contributed by atoms with Crippen LogP contribution in [-0.2, 0) is 11.2 Å². The molecule has 1 heterocycles. The fourth-order valence-electron chi connectivity index (χ4n) is 1.28. The molecule has 0 aliphatic heterocycles. The number of amides is 1. The third kappa shape index (κ3) is 4.43. The highest BCUT2D eigenvalue weighted by Crippen LogP contribution is 2.16. The number of halogens is 1. The second-order valence-corrected chi connectivity index (χ2v) is 5.95. The average molecular weight is 389 g/mol. The van der Waals surface area contributed by atoms with Gasteiger partial charge in [-0.05, 0) is 53.3 Å². The summed E-state index contributed by atoms with van der Waals surface area (Å²) in [4.78, 5) is 11.7. The van der Waals surface area contributed by atoms with E-state index in [-0.39, 0.29) is 12.5 Å². The van der Waals surface area contributed by atoms with Crippen molar-refractivity contribution in [3.05, 3.63) is 32.8 Å². The zero-order chi connectivity index (χ0) is 13.7. The van der Waals surface area contributed by atoms with Crippen LogP contribution in [0.3, 0.4) is 0 Å². The van der Waals surface area contributed by atoms with Crippen LogP contribution in [0.2, 0.25) is 0 Å². The maximum absolute atomic E-state index is 11.7. The van der Waals surface area contributed by atoms with Crippen molar-refractivity contribution in [2.45, 2.75) is 13.3 Å². The molecule has 0 saturated heterocycles. The highest BCUT2D eigenvalue weighted by atomic mass is 127. The van der Waals surface area contributed by atoms with Gasteiger partial charge in [-0.3, -0.25) is 10.1 Å². The summed E-state index contributed by atoms with van der Waals surface area (Å²) in [6, 6.07) is 7.50. The van der Waals surface area contributed by atoms with Gasteiger partial charge in [0.2, 0.25) is 5.13 Å². The van der Waals surface area contributed by atoms with Crippen LogP contribution >= 0.6 is 33.9 Å². The van der Waals surface area contributed by atoms with E-state index in [0.29, 0.717) is 10.9 Å². The minimum atomic E-state index is -0.239. The van der Waals surface area contributed by atoms with E-state index < -0.39 is 0 Å². The number of nitrogens with one attached hydrogen (secondary N) is 1. The zero-order valence-electron chi connectivity index (χ0n) is 10.2. The lowest BCUT2D eigenvalue weighted by atomic mass is 10.3. The summed E-state index contributed by atoms with van der Waals surface area (Å²) in [5, 5.41) is 11.9. The van der Waals surface area contributed by atoms with E-state index in [4.69, 9.17) is 4.74 Å². The Morgan fingerprint density at radius 3 is 2.74 bits per heavy atom. The first-order chi connectivity index (χ1) is 9.17. The van der Waals surface area contributed by atoms with Crippen LogP contribution in [0.5, 0.6) is 5.75 Å². The lowest BCUT2D eigenvalue weighted by Gasteiger charge is -2.05. The van der Waals surface area contributed by atoms with E-state index in [1.807, 2.05) is 31.2 Å². The standard InChI is InChI=1S/C12H12IN3O2S/c1-2-11-15-16-12(19-11)14-10(17)7-18-9-5-3-8(13)4-6-9/h3-6H,2,7H2,1H3,(H,14,16,17). The topological polar surface area (TPSA) is 64.1 Å². The van der Waals surface area contributed by atoms with Gasteiger partial charge < -0.3 is 4.74 Å². The van der Waals surface area contributed by atoms with E-state index in [0.717, 1.165) is 15.0 Å². The van der Waals surface area contributed by atoms with E-state index >= 15 is 0 Å². The van der Waals surface area contributed by atoms with Crippen molar-refractivity contribution in [3.63, 3.8) is 0 Å². The first kappa shape index (κ1) is 14.2. The second-order valence-electron chi connectivity index (χ2n) is 3.65. The number of nitrogens with zero attached hydrogens (tertiary/aromatic N) is 2. The largest absolute Gasteiger partial charge is 0.484 e. The van der Waals surface area contributed by atoms with Gasteiger partial charge in [-0.2, -0.15) is 0 Å². The Morgan fingerprint density at radius 1 is 1.37 bits per heavy atom. The quantitative estimate of drug-likeness (QED) is 0.799. The Morgan fingerprint density at radius 2 is 2.11 bits per heavy atom. The predicted molar refractivity (Wildman–Crippen MR) is 82.6 cm³/mol. The number of benzene rings is 1. The van der Waals surface area contributed by atoms with Crippen LogP contribution in [0.15, 0.2) is 24.3 Å². The molecule has 0 unspecified atom stereocenters. The molecule has 2 rings (SSSR count). The van der Waals surface area contributed by atoms with Crippen LogP contribution in [0.1, 0.15) is 11.9 Å². The van der Waals surface area contributed by atoms with Crippen molar-refractivity contribution in [1.82, 2.24) is 10.2 Å². The maximum Gasteiger partial charge on any atom is 0.264 e. The normalized spacial score (nSPS) is 10.2. The Labute approximate surface area is 128 Å². The van der Waals surface area contributed by atoms with Crippen LogP contribution in [0, 0.1) is 3.57 Å². The van der Waals surface area contributed by atoms with E-state index in [1.165, 1.54) is 11.3 Å². The molecular weight excluding hydrogens is 377 g/mol. The Kier molecular flexibility index (Phi) is 5.08. The summed E-state index contributed by atoms with van der Waals surface area (Å²) in [5.41, 5.74) is 0. The number of hydrogen-bond acceptors (Lipinski definition) is 5. The van der Waals surface area contributed by atoms with Crippen molar-refractivity contribution >= 4 is 45.0 Å². The molecule has 1 aromatic carbocycles. The molecule has 0 bridgehead atoms. The molecule has 19 heavy (non-hydrogen) atoms. The zero-order valence-corrected chi connectivity index (χ0v) is 13.2. The number of ether oxygens (including phenoxy) is 1. The molecule has 1 N–H and O–H groups in total. The summed E-state index contributed by atoms with van der Waals surface area (Å²) in [7, 11) is 0. The molecule has 1 aromatic heterocycles. The van der Waals surface area contributed by atoms with Gasteiger partial charge in [-0.1, -0.05) is 18.3 Å². The van der Waals surface area contributed by atoms with E-state index in [1.54, 1.807) is 0 Å². The molecule has 0 aliphatic rings. The lowest BCUT2D eigenvalue weighted by molar-refractivity contribution is -0.118. The van der Waals surface area contributed by atoms with Crippen molar-refractivity contribution in [3.8, 4) is 5.75 Å². The summed E-state index contributed by atoms with van der Waals surface area (Å²) in [5.74, 6) is 0.430. The van der Waals surface area contributed by atoms with E-state index in [9.17, 15) is 4.79 Å². The minimum Gasteiger partial charge on any atom is -0.484 e. The summed E-state index contributed by atoms with van der Waals surface area (Å²) in [6.45, 7) is 1.95. The molecular formula is C12H12IN3O2S. The minimum absolute atomic E-state index is 0.0400. The smallest absolute Gasteiger partial charge is 0.264 e. The molecule has 5 nitrogen and oxygen atoms in total. The SMILES string of the molecule is CCc1nnc(NC(=O)COc2ccc(I)cc2)s1. The number of carbonyl (C=O) groups excluding carboxylic acids is 1. The third-order valence-electron chi connectivity index (χ3n) is 2.20. The number of carbonyl (C=O) groups is 1. The van der Waals surface area contributed by atoms with Gasteiger partial charge in [0.05, 0.1) is 0 Å². The molecule has 0 atom stereocenters. The van der Waals surface area contributed by atoms with Crippen molar-refractivity contribution in [2.24, 2.45) is 0 Å². The Hall–Kier alpha value is -1.22. The van der Waals surface area contributed by atoms with Gasteiger partial charge >= 0.3 is 0 Å². The third-order valence-corrected chi connectivity index (χ3v) is 3.90. The number of anilines is 1. The van der Waals surface area contributed by atoms with Crippen LogP contribution in [0.25, 0.3) is 0 Å². The van der Waals surface area contributed by atoms with Crippen LogP contribution < -0.4 is 10.1 Å². The highest BCUT2D eigenvalue weighted by molar-refractivity contribution is 14.1.